The Labute approximate surface area is 352 Å². The zero-order chi connectivity index (χ0) is 42.0. The number of carbonyl (C=O) groups is 3. The predicted molar refractivity (Wildman–Crippen MR) is 227 cm³/mol. The van der Waals surface area contributed by atoms with E-state index in [9.17, 15) is 19.5 Å². The average Bonchev–Trinajstić information content (AvgIpc) is 4.06. The molecule has 3 amide bonds. The third-order valence-electron chi connectivity index (χ3n) is 11.4. The van der Waals surface area contributed by atoms with Crippen molar-refractivity contribution < 1.29 is 23.9 Å². The molecule has 1 saturated carbocycles. The normalized spacial score (nSPS) is 19.5. The van der Waals surface area contributed by atoms with Gasteiger partial charge in [0.1, 0.15) is 24.2 Å². The van der Waals surface area contributed by atoms with Crippen LogP contribution in [0.2, 0.25) is 0 Å². The molecule has 2 fully saturated rings. The van der Waals surface area contributed by atoms with E-state index in [2.05, 4.69) is 53.6 Å². The van der Waals surface area contributed by atoms with Gasteiger partial charge < -0.3 is 35.7 Å². The van der Waals surface area contributed by atoms with Gasteiger partial charge in [-0.25, -0.2) is 9.97 Å². The van der Waals surface area contributed by atoms with E-state index in [1.807, 2.05) is 86.1 Å². The molecule has 1 aliphatic heterocycles. The largest absolute Gasteiger partial charge is 0.467 e. The van der Waals surface area contributed by atoms with Crippen molar-refractivity contribution in [2.24, 2.45) is 11.3 Å². The minimum Gasteiger partial charge on any atom is -0.467 e. The summed E-state index contributed by atoms with van der Waals surface area (Å²) in [7, 11) is 0. The first kappa shape index (κ1) is 40.8. The number of thiazole rings is 1. The number of carbonyl (C=O) groups excluding carboxylic acids is 3. The number of aliphatic hydroxyl groups is 1. The minimum absolute atomic E-state index is 0.0252. The first-order valence-electron chi connectivity index (χ1n) is 20.2. The van der Waals surface area contributed by atoms with Crippen LogP contribution in [0.4, 0.5) is 5.95 Å². The molecule has 16 heteroatoms. The smallest absolute Gasteiger partial charge is 0.246 e. The van der Waals surface area contributed by atoms with Gasteiger partial charge in [0.25, 0.3) is 0 Å². The fourth-order valence-electron chi connectivity index (χ4n) is 7.84. The van der Waals surface area contributed by atoms with Crippen LogP contribution >= 0.6 is 11.3 Å². The van der Waals surface area contributed by atoms with Crippen LogP contribution in [-0.4, -0.2) is 83.1 Å². The maximum atomic E-state index is 14.1. The summed E-state index contributed by atoms with van der Waals surface area (Å²) < 4.78 is 7.23. The molecule has 0 radical (unpaired) electrons. The molecule has 15 nitrogen and oxygen atoms in total. The topological polar surface area (TPSA) is 192 Å². The Kier molecular flexibility index (Phi) is 11.8. The van der Waals surface area contributed by atoms with Crippen LogP contribution in [-0.2, 0) is 34.0 Å². The molecule has 8 rings (SSSR count). The fraction of sp³-hybridized carbons (Fsp3) is 0.386. The zero-order valence-electron chi connectivity index (χ0n) is 34.1. The Balaban J connectivity index is 0.818. The number of nitrogens with one attached hydrogen (secondary N) is 4. The van der Waals surface area contributed by atoms with Crippen LogP contribution in [0.15, 0.2) is 89.4 Å². The first-order valence-corrected chi connectivity index (χ1v) is 21.1. The fourth-order valence-corrected chi connectivity index (χ4v) is 8.65. The van der Waals surface area contributed by atoms with Gasteiger partial charge in [-0.05, 0) is 59.6 Å². The highest BCUT2D eigenvalue weighted by atomic mass is 32.1. The highest BCUT2D eigenvalue weighted by Gasteiger charge is 2.45. The number of rotatable bonds is 14. The number of anilines is 1. The van der Waals surface area contributed by atoms with E-state index in [-0.39, 0.29) is 49.2 Å². The summed E-state index contributed by atoms with van der Waals surface area (Å²) in [4.78, 5) is 52.7. The molecule has 0 unspecified atom stereocenters. The van der Waals surface area contributed by atoms with E-state index in [0.29, 0.717) is 37.5 Å². The summed E-state index contributed by atoms with van der Waals surface area (Å²) in [5, 5.41) is 31.9. The van der Waals surface area contributed by atoms with Crippen molar-refractivity contribution in [1.82, 2.24) is 45.4 Å². The molecular formula is C44H50N10O5S. The lowest BCUT2D eigenvalue weighted by molar-refractivity contribution is -0.145. The van der Waals surface area contributed by atoms with E-state index in [1.54, 1.807) is 30.1 Å². The van der Waals surface area contributed by atoms with Crippen LogP contribution < -0.4 is 21.3 Å². The number of benzene rings is 2. The predicted octanol–water partition coefficient (Wildman–Crippen LogP) is 5.11. The van der Waals surface area contributed by atoms with Crippen LogP contribution in [0.5, 0.6) is 0 Å². The molecule has 4 aromatic heterocycles. The molecule has 60 heavy (non-hydrogen) atoms. The van der Waals surface area contributed by atoms with Gasteiger partial charge >= 0.3 is 0 Å². The Morgan fingerprint density at radius 2 is 1.67 bits per heavy atom. The summed E-state index contributed by atoms with van der Waals surface area (Å²) in [6.07, 6.45) is 5.63. The Hall–Kier alpha value is -5.97. The summed E-state index contributed by atoms with van der Waals surface area (Å²) in [5.41, 5.74) is 7.74. The van der Waals surface area contributed by atoms with Gasteiger partial charge in [0, 0.05) is 49.8 Å². The number of aryl methyl sites for hydroxylation is 1. The van der Waals surface area contributed by atoms with E-state index < -0.39 is 23.6 Å². The number of nitrogens with zero attached hydrogens (tertiary/aromatic N) is 6. The lowest BCUT2D eigenvalue weighted by Crippen LogP contribution is -2.59. The third-order valence-corrected chi connectivity index (χ3v) is 12.4. The number of aliphatic hydroxyl groups excluding tert-OH is 1. The SMILES string of the molecule is Cc1ncsc1-c1ccc(CNC(=O)[C@@H]2C[C@@H](O)CN2C(=O)[C@@H](NC(=O)C2CC(NCc3ccc(-c4cnc(NCc5ccco5)n5cnnc45)cc3)C2)C(C)(C)C)cc1. The van der Waals surface area contributed by atoms with Crippen molar-refractivity contribution in [1.29, 1.82) is 0 Å². The molecule has 5 heterocycles. The van der Waals surface area contributed by atoms with Crippen LogP contribution in [0.1, 0.15) is 62.6 Å². The van der Waals surface area contributed by atoms with Gasteiger partial charge in [-0.3, -0.25) is 18.8 Å². The maximum Gasteiger partial charge on any atom is 0.246 e. The molecule has 2 aliphatic rings. The van der Waals surface area contributed by atoms with Crippen molar-refractivity contribution in [3.8, 4) is 21.6 Å². The molecule has 0 bridgehead atoms. The van der Waals surface area contributed by atoms with Gasteiger partial charge in [0.05, 0.1) is 35.0 Å². The molecule has 0 spiro atoms. The van der Waals surface area contributed by atoms with Gasteiger partial charge in [-0.2, -0.15) is 0 Å². The van der Waals surface area contributed by atoms with Crippen molar-refractivity contribution >= 4 is 40.7 Å². The average molecular weight is 831 g/mol. The number of fused-ring (bicyclic) bond motifs is 1. The van der Waals surface area contributed by atoms with Gasteiger partial charge in [0.15, 0.2) is 5.65 Å². The molecule has 2 aromatic carbocycles. The summed E-state index contributed by atoms with van der Waals surface area (Å²) in [6.45, 7) is 9.09. The second-order valence-electron chi connectivity index (χ2n) is 16.8. The number of hydrogen-bond acceptors (Lipinski definition) is 12. The second-order valence-corrected chi connectivity index (χ2v) is 17.6. The number of hydrogen-bond donors (Lipinski definition) is 5. The zero-order valence-corrected chi connectivity index (χ0v) is 34.9. The quantitative estimate of drug-likeness (QED) is 0.0981. The van der Waals surface area contributed by atoms with Crippen molar-refractivity contribution in [3.63, 3.8) is 0 Å². The monoisotopic (exact) mass is 830 g/mol. The van der Waals surface area contributed by atoms with E-state index >= 15 is 0 Å². The van der Waals surface area contributed by atoms with E-state index in [0.717, 1.165) is 44.1 Å². The Bertz CT molecular complexity index is 2440. The maximum absolute atomic E-state index is 14.1. The highest BCUT2D eigenvalue weighted by molar-refractivity contribution is 7.13. The number of aromatic nitrogens is 5. The number of likely N-dealkylation sites (tertiary alicyclic amines) is 1. The molecule has 6 aromatic rings. The van der Waals surface area contributed by atoms with E-state index in [1.165, 1.54) is 4.90 Å². The van der Waals surface area contributed by atoms with Crippen LogP contribution in [0.3, 0.4) is 0 Å². The minimum atomic E-state index is -0.873. The van der Waals surface area contributed by atoms with Crippen molar-refractivity contribution in [2.45, 2.75) is 90.8 Å². The Morgan fingerprint density at radius 3 is 2.35 bits per heavy atom. The summed E-state index contributed by atoms with van der Waals surface area (Å²) in [6, 6.07) is 18.3. The van der Waals surface area contributed by atoms with E-state index in [4.69, 9.17) is 4.42 Å². The van der Waals surface area contributed by atoms with Gasteiger partial charge in [-0.1, -0.05) is 69.3 Å². The lowest BCUT2D eigenvalue weighted by atomic mass is 9.78. The summed E-state index contributed by atoms with van der Waals surface area (Å²) in [5.74, 6) is 0.277. The molecule has 1 saturated heterocycles. The standard InChI is InChI=1S/C44H50N10O5S/c1-26-37(60-25-49-26)30-13-9-28(10-14-30)20-46-41(57)36-18-33(55)23-53(36)42(58)38(44(2,3)4)51-40(56)31-16-32(17-31)45-19-27-7-11-29(12-8-27)35-22-48-43(54-24-50-52-39(35)54)47-21-34-6-5-15-59-34/h5-15,22,24-25,31-33,36,38,45,55H,16-21,23H2,1-4H3,(H,46,57)(H,47,48)(H,51,56)/t31?,32?,33-,36+,38-/m1/s1. The van der Waals surface area contributed by atoms with Gasteiger partial charge in [0.2, 0.25) is 23.7 Å². The molecule has 3 atom stereocenters. The van der Waals surface area contributed by atoms with Crippen molar-refractivity contribution in [3.05, 3.63) is 108 Å². The molecule has 1 aliphatic carbocycles. The van der Waals surface area contributed by atoms with Gasteiger partial charge in [-0.15, -0.1) is 21.5 Å². The van der Waals surface area contributed by atoms with Crippen molar-refractivity contribution in [2.75, 3.05) is 11.9 Å². The highest BCUT2D eigenvalue weighted by Crippen LogP contribution is 2.32. The Morgan fingerprint density at radius 1 is 0.933 bits per heavy atom. The number of furan rings is 1. The number of amides is 3. The number of β-amino-alcohol motifs (C(OH)–C–C–N with tert-alkyl or cyclic N) is 1. The van der Waals surface area contributed by atoms with Crippen LogP contribution in [0, 0.1) is 18.3 Å². The molecule has 312 valence electrons. The molecular weight excluding hydrogens is 781 g/mol. The third kappa shape index (κ3) is 8.95. The summed E-state index contributed by atoms with van der Waals surface area (Å²) >= 11 is 1.58. The lowest BCUT2D eigenvalue weighted by Gasteiger charge is -2.39. The van der Waals surface area contributed by atoms with Crippen LogP contribution in [0.25, 0.3) is 27.2 Å². The first-order chi connectivity index (χ1) is 28.9. The second kappa shape index (κ2) is 17.3. The molecule has 5 N–H and O–H groups in total.